The molecule has 7 heteroatoms. The summed E-state index contributed by atoms with van der Waals surface area (Å²) < 4.78 is 11.1. The van der Waals surface area contributed by atoms with Gasteiger partial charge in [0.15, 0.2) is 6.04 Å². The van der Waals surface area contributed by atoms with Gasteiger partial charge < -0.3 is 19.2 Å². The van der Waals surface area contributed by atoms with E-state index >= 15 is 0 Å². The third-order valence-electron chi connectivity index (χ3n) is 4.28. The number of piperazine rings is 1. The first-order chi connectivity index (χ1) is 12.2. The van der Waals surface area contributed by atoms with Crippen molar-refractivity contribution in [3.63, 3.8) is 0 Å². The molecule has 0 aliphatic carbocycles. The van der Waals surface area contributed by atoms with Gasteiger partial charge in [0.05, 0.1) is 0 Å². The molecule has 1 N–H and O–H groups in total. The molecule has 2 heterocycles. The van der Waals surface area contributed by atoms with Gasteiger partial charge in [0, 0.05) is 31.6 Å². The fourth-order valence-electron chi connectivity index (χ4n) is 3.08. The van der Waals surface area contributed by atoms with Gasteiger partial charge in [-0.05, 0) is 32.9 Å². The zero-order valence-corrected chi connectivity index (χ0v) is 15.3. The van der Waals surface area contributed by atoms with Crippen molar-refractivity contribution in [2.45, 2.75) is 32.4 Å². The normalized spacial score (nSPS) is 17.3. The molecular formula is C19H24N2O5. The summed E-state index contributed by atoms with van der Waals surface area (Å²) in [7, 11) is 0. The predicted octanol–water partition coefficient (Wildman–Crippen LogP) is 3.11. The van der Waals surface area contributed by atoms with Gasteiger partial charge in [-0.2, -0.15) is 0 Å². The highest BCUT2D eigenvalue weighted by Crippen LogP contribution is 2.29. The molecule has 2 aromatic rings. The number of para-hydroxylation sites is 1. The third kappa shape index (κ3) is 3.99. The fourth-order valence-corrected chi connectivity index (χ4v) is 3.08. The monoisotopic (exact) mass is 360 g/mol. The molecule has 7 nitrogen and oxygen atoms in total. The summed E-state index contributed by atoms with van der Waals surface area (Å²) in [5.41, 5.74) is 0.118. The van der Waals surface area contributed by atoms with Gasteiger partial charge in [-0.25, -0.2) is 4.79 Å². The molecule has 1 saturated heterocycles. The van der Waals surface area contributed by atoms with Crippen LogP contribution in [0.3, 0.4) is 0 Å². The van der Waals surface area contributed by atoms with E-state index in [0.29, 0.717) is 37.5 Å². The first-order valence-corrected chi connectivity index (χ1v) is 8.68. The second kappa shape index (κ2) is 6.99. The highest BCUT2D eigenvalue weighted by atomic mass is 16.6. The minimum absolute atomic E-state index is 0.368. The Balaban J connectivity index is 1.71. The summed E-state index contributed by atoms with van der Waals surface area (Å²) in [5, 5.41) is 10.6. The van der Waals surface area contributed by atoms with E-state index in [1.54, 1.807) is 11.0 Å². The molecule has 1 amide bonds. The van der Waals surface area contributed by atoms with E-state index in [1.165, 1.54) is 0 Å². The molecule has 1 aromatic heterocycles. The fraction of sp³-hybridized carbons (Fsp3) is 0.474. The van der Waals surface area contributed by atoms with Crippen LogP contribution in [0.1, 0.15) is 32.6 Å². The van der Waals surface area contributed by atoms with E-state index in [9.17, 15) is 14.7 Å². The average Bonchev–Trinajstić information content (AvgIpc) is 2.97. The van der Waals surface area contributed by atoms with Gasteiger partial charge in [-0.3, -0.25) is 9.69 Å². The van der Waals surface area contributed by atoms with Crippen molar-refractivity contribution < 1.29 is 23.8 Å². The third-order valence-corrected chi connectivity index (χ3v) is 4.28. The summed E-state index contributed by atoms with van der Waals surface area (Å²) in [5.74, 6) is -0.556. The zero-order valence-electron chi connectivity index (χ0n) is 15.3. The summed E-state index contributed by atoms with van der Waals surface area (Å²) in [4.78, 5) is 27.5. The number of hydrogen-bond acceptors (Lipinski definition) is 5. The Morgan fingerprint density at radius 3 is 2.38 bits per heavy atom. The van der Waals surface area contributed by atoms with Crippen molar-refractivity contribution in [3.05, 3.63) is 36.1 Å². The number of carbonyl (C=O) groups excluding carboxylic acids is 1. The molecule has 1 aliphatic rings. The molecule has 0 bridgehead atoms. The Morgan fingerprint density at radius 2 is 1.81 bits per heavy atom. The number of carboxylic acid groups (broad SMARTS) is 1. The van der Waals surface area contributed by atoms with Crippen LogP contribution in [-0.2, 0) is 9.53 Å². The quantitative estimate of drug-likeness (QED) is 0.905. The largest absolute Gasteiger partial charge is 0.480 e. The summed E-state index contributed by atoms with van der Waals surface area (Å²) in [6.45, 7) is 7.17. The second-order valence-corrected chi connectivity index (χ2v) is 7.43. The number of hydrogen-bond donors (Lipinski definition) is 1. The lowest BCUT2D eigenvalue weighted by Crippen LogP contribution is -2.51. The van der Waals surface area contributed by atoms with E-state index in [1.807, 2.05) is 49.9 Å². The van der Waals surface area contributed by atoms with Crippen LogP contribution in [0.5, 0.6) is 0 Å². The highest BCUT2D eigenvalue weighted by Gasteiger charge is 2.34. The lowest BCUT2D eigenvalue weighted by molar-refractivity contribution is -0.145. The number of fused-ring (bicyclic) bond motifs is 1. The van der Waals surface area contributed by atoms with Crippen molar-refractivity contribution in [1.82, 2.24) is 9.80 Å². The van der Waals surface area contributed by atoms with Crippen LogP contribution in [0, 0.1) is 0 Å². The van der Waals surface area contributed by atoms with Crippen molar-refractivity contribution in [1.29, 1.82) is 0 Å². The van der Waals surface area contributed by atoms with Crippen molar-refractivity contribution in [2.75, 3.05) is 26.2 Å². The van der Waals surface area contributed by atoms with E-state index < -0.39 is 17.6 Å². The van der Waals surface area contributed by atoms with Gasteiger partial charge >= 0.3 is 12.1 Å². The SMILES string of the molecule is CC(C)(C)OC(=O)N1CCN([C@H](C(=O)O)c2cc3ccccc3o2)CC1. The van der Waals surface area contributed by atoms with Crippen LogP contribution in [-0.4, -0.2) is 58.7 Å². The number of rotatable bonds is 3. The maximum atomic E-state index is 12.2. The van der Waals surface area contributed by atoms with Crippen LogP contribution in [0.4, 0.5) is 4.79 Å². The van der Waals surface area contributed by atoms with Gasteiger partial charge in [-0.15, -0.1) is 0 Å². The van der Waals surface area contributed by atoms with Crippen LogP contribution in [0.2, 0.25) is 0 Å². The van der Waals surface area contributed by atoms with Gasteiger partial charge in [0.25, 0.3) is 0 Å². The summed E-state index contributed by atoms with van der Waals surface area (Å²) in [6, 6.07) is 8.35. The maximum Gasteiger partial charge on any atom is 0.410 e. The minimum atomic E-state index is -0.963. The van der Waals surface area contributed by atoms with Crippen LogP contribution >= 0.6 is 0 Å². The van der Waals surface area contributed by atoms with Crippen LogP contribution < -0.4 is 0 Å². The average molecular weight is 360 g/mol. The lowest BCUT2D eigenvalue weighted by atomic mass is 10.1. The van der Waals surface area contributed by atoms with Gasteiger partial charge in [0.1, 0.15) is 16.9 Å². The van der Waals surface area contributed by atoms with Crippen molar-refractivity contribution >= 4 is 23.0 Å². The number of amides is 1. The molecule has 0 spiro atoms. The molecule has 1 fully saturated rings. The predicted molar refractivity (Wildman–Crippen MR) is 96.0 cm³/mol. The number of aliphatic carboxylic acids is 1. The topological polar surface area (TPSA) is 83.2 Å². The molecule has 140 valence electrons. The van der Waals surface area contributed by atoms with Gasteiger partial charge in [0.2, 0.25) is 0 Å². The Labute approximate surface area is 152 Å². The lowest BCUT2D eigenvalue weighted by Gasteiger charge is -2.37. The molecule has 0 radical (unpaired) electrons. The van der Waals surface area contributed by atoms with Gasteiger partial charge in [-0.1, -0.05) is 18.2 Å². The number of furan rings is 1. The van der Waals surface area contributed by atoms with E-state index in [2.05, 4.69) is 0 Å². The number of benzene rings is 1. The molecule has 0 saturated carbocycles. The Morgan fingerprint density at radius 1 is 1.15 bits per heavy atom. The molecule has 26 heavy (non-hydrogen) atoms. The van der Waals surface area contributed by atoms with E-state index in [0.717, 1.165) is 5.39 Å². The highest BCUT2D eigenvalue weighted by molar-refractivity contribution is 5.81. The molecule has 1 aromatic carbocycles. The molecule has 3 rings (SSSR count). The number of carboxylic acids is 1. The van der Waals surface area contributed by atoms with E-state index in [-0.39, 0.29) is 6.09 Å². The molecule has 1 aliphatic heterocycles. The molecular weight excluding hydrogens is 336 g/mol. The van der Waals surface area contributed by atoms with Crippen LogP contribution in [0.25, 0.3) is 11.0 Å². The number of carbonyl (C=O) groups is 2. The molecule has 1 atom stereocenters. The van der Waals surface area contributed by atoms with E-state index in [4.69, 9.17) is 9.15 Å². The van der Waals surface area contributed by atoms with Crippen molar-refractivity contribution in [2.24, 2.45) is 0 Å². The second-order valence-electron chi connectivity index (χ2n) is 7.43. The summed E-state index contributed by atoms with van der Waals surface area (Å²) in [6.07, 6.45) is -0.368. The Hall–Kier alpha value is -2.54. The summed E-state index contributed by atoms with van der Waals surface area (Å²) >= 11 is 0. The number of nitrogens with zero attached hydrogens (tertiary/aromatic N) is 2. The first kappa shape index (κ1) is 18.3. The Bertz CT molecular complexity index is 767. The van der Waals surface area contributed by atoms with Crippen LogP contribution in [0.15, 0.2) is 34.7 Å². The smallest absolute Gasteiger partial charge is 0.410 e. The minimum Gasteiger partial charge on any atom is -0.480 e. The first-order valence-electron chi connectivity index (χ1n) is 8.68. The maximum absolute atomic E-state index is 12.2. The zero-order chi connectivity index (χ0) is 18.9. The molecule has 0 unspecified atom stereocenters. The number of ether oxygens (including phenoxy) is 1. The Kier molecular flexibility index (Phi) is 4.91. The van der Waals surface area contributed by atoms with Crippen molar-refractivity contribution in [3.8, 4) is 0 Å². The standard InChI is InChI=1S/C19H24N2O5/c1-19(2,3)26-18(24)21-10-8-20(9-11-21)16(17(22)23)15-12-13-6-4-5-7-14(13)25-15/h4-7,12,16H,8-11H2,1-3H3,(H,22,23)/t16-/m0/s1.